The molecule has 0 aromatic heterocycles. The van der Waals surface area contributed by atoms with E-state index in [0.717, 1.165) is 44.1 Å². The van der Waals surface area contributed by atoms with Crippen molar-refractivity contribution < 1.29 is 56.6 Å². The smallest absolute Gasteiger partial charge is 0.390 e. The highest BCUT2D eigenvalue weighted by atomic mass is 32.3. The molecule has 0 bridgehead atoms. The number of rotatable bonds is 13. The lowest BCUT2D eigenvalue weighted by atomic mass is 9.43. The molecule has 0 saturated heterocycles. The van der Waals surface area contributed by atoms with Gasteiger partial charge in [0.25, 0.3) is 0 Å². The maximum Gasteiger partial charge on any atom is 0.397 e. The maximum atomic E-state index is 12.2. The van der Waals surface area contributed by atoms with E-state index in [-0.39, 0.29) is 29.6 Å². The zero-order valence-corrected chi connectivity index (χ0v) is 31.4. The minimum absolute atomic E-state index is 0.0446. The number of aliphatic hydroxyl groups is 1. The summed E-state index contributed by atoms with van der Waals surface area (Å²) in [6, 6.07) is 0. The number of allylic oxidation sites excluding steroid dienone is 3. The summed E-state index contributed by atoms with van der Waals surface area (Å²) in [4.78, 5) is 0. The third kappa shape index (κ3) is 7.22. The van der Waals surface area contributed by atoms with Crippen molar-refractivity contribution in [2.24, 2.45) is 45.3 Å². The monoisotopic (exact) mass is 742 g/mol. The van der Waals surface area contributed by atoms with E-state index in [1.165, 1.54) is 5.57 Å². The first kappa shape index (κ1) is 39.8. The fourth-order valence-corrected chi connectivity index (χ4v) is 12.4. The van der Waals surface area contributed by atoms with E-state index >= 15 is 0 Å². The number of hydrogen-bond donors (Lipinski definition) is 4. The lowest BCUT2D eigenvalue weighted by Gasteiger charge is -2.63. The van der Waals surface area contributed by atoms with E-state index in [4.69, 9.17) is 8.37 Å². The molecule has 3 saturated carbocycles. The molecule has 0 aromatic rings. The van der Waals surface area contributed by atoms with Gasteiger partial charge in [0.15, 0.2) is 0 Å². The maximum absolute atomic E-state index is 12.2. The van der Waals surface area contributed by atoms with Crippen LogP contribution in [0.25, 0.3) is 0 Å². The average Bonchev–Trinajstić information content (AvgIpc) is 3.20. The van der Waals surface area contributed by atoms with Crippen LogP contribution in [0.1, 0.15) is 106 Å². The molecule has 278 valence electrons. The zero-order valence-electron chi connectivity index (χ0n) is 29.0. The van der Waals surface area contributed by atoms with E-state index < -0.39 is 72.4 Å². The molecule has 4 aliphatic carbocycles. The van der Waals surface area contributed by atoms with E-state index in [2.05, 4.69) is 58.4 Å². The zero-order chi connectivity index (χ0) is 36.5. The summed E-state index contributed by atoms with van der Waals surface area (Å²) in [5, 5.41) is 11.6. The van der Waals surface area contributed by atoms with E-state index in [1.807, 2.05) is 0 Å². The van der Waals surface area contributed by atoms with Gasteiger partial charge in [-0.2, -0.15) is 25.3 Å². The lowest BCUT2D eigenvalue weighted by Crippen LogP contribution is -2.65. The molecule has 0 radical (unpaired) electrons. The van der Waals surface area contributed by atoms with Crippen LogP contribution in [0.3, 0.4) is 0 Å². The minimum atomic E-state index is -5.29. The molecule has 4 rings (SSSR count). The molecule has 4 N–H and O–H groups in total. The van der Waals surface area contributed by atoms with Gasteiger partial charge in [0.2, 0.25) is 0 Å². The molecule has 48 heavy (non-hydrogen) atoms. The molecule has 8 unspecified atom stereocenters. The molecule has 0 spiro atoms. The first-order valence-corrected chi connectivity index (χ1v) is 20.9. The molecule has 0 amide bonds. The molecule has 16 heteroatoms. The van der Waals surface area contributed by atoms with Crippen molar-refractivity contribution in [3.05, 3.63) is 23.8 Å². The van der Waals surface area contributed by atoms with Crippen molar-refractivity contribution >= 4 is 31.2 Å². The Morgan fingerprint density at radius 1 is 0.958 bits per heavy atom. The molecule has 3 fully saturated rings. The summed E-state index contributed by atoms with van der Waals surface area (Å²) in [6.45, 7) is 19.2. The van der Waals surface area contributed by atoms with E-state index in [0.29, 0.717) is 18.3 Å². The minimum Gasteiger partial charge on any atom is -0.390 e. The molecule has 0 aromatic carbocycles. The second-order valence-corrected chi connectivity index (χ2v) is 18.8. The van der Waals surface area contributed by atoms with Crippen molar-refractivity contribution in [1.82, 2.24) is 0 Å². The summed E-state index contributed by atoms with van der Waals surface area (Å²) >= 11 is 0. The van der Waals surface area contributed by atoms with E-state index in [1.54, 1.807) is 6.92 Å². The van der Waals surface area contributed by atoms with E-state index in [9.17, 15) is 44.0 Å². The number of hydrogen-bond acceptors (Lipinski definition) is 10. The van der Waals surface area contributed by atoms with Gasteiger partial charge in [-0.05, 0) is 104 Å². The first-order valence-electron chi connectivity index (χ1n) is 16.8. The van der Waals surface area contributed by atoms with Crippen molar-refractivity contribution in [2.75, 3.05) is 0 Å². The van der Waals surface area contributed by atoms with Crippen molar-refractivity contribution in [3.8, 4) is 0 Å². The first-order chi connectivity index (χ1) is 21.8. The molecule has 0 heterocycles. The van der Waals surface area contributed by atoms with Gasteiger partial charge in [-0.3, -0.25) is 13.7 Å². The van der Waals surface area contributed by atoms with Gasteiger partial charge in [-0.15, -0.1) is 0 Å². The Labute approximate surface area is 286 Å². The topological polar surface area (TPSA) is 211 Å². The quantitative estimate of drug-likeness (QED) is 0.136. The summed E-state index contributed by atoms with van der Waals surface area (Å²) < 4.78 is 115. The predicted molar refractivity (Wildman–Crippen MR) is 177 cm³/mol. The Balaban J connectivity index is 1.78. The second-order valence-electron chi connectivity index (χ2n) is 15.7. The van der Waals surface area contributed by atoms with Crippen LogP contribution in [0, 0.1) is 45.3 Å². The Bertz CT molecular complexity index is 1600. The van der Waals surface area contributed by atoms with Gasteiger partial charge in [-0.1, -0.05) is 65.3 Å². The molecule has 0 aliphatic heterocycles. The average molecular weight is 743 g/mol. The van der Waals surface area contributed by atoms with Gasteiger partial charge >= 0.3 is 31.2 Å². The molecular formula is C32H54O13S3. The largest absolute Gasteiger partial charge is 0.397 e. The number of fused-ring (bicyclic) bond motifs is 5. The van der Waals surface area contributed by atoms with Crippen LogP contribution in [0.2, 0.25) is 0 Å². The normalized spacial score (nSPS) is 39.6. The van der Waals surface area contributed by atoms with Crippen molar-refractivity contribution in [3.63, 3.8) is 0 Å². The molecule has 4 aliphatic rings. The summed E-state index contributed by atoms with van der Waals surface area (Å²) in [5.41, 5.74) is 0.163. The van der Waals surface area contributed by atoms with Crippen LogP contribution in [-0.4, -0.2) is 68.4 Å². The fourth-order valence-electron chi connectivity index (χ4n) is 10.9. The van der Waals surface area contributed by atoms with Crippen molar-refractivity contribution in [2.45, 2.75) is 131 Å². The predicted octanol–water partition coefficient (Wildman–Crippen LogP) is 5.51. The fraction of sp³-hybridized carbons (Fsp3) is 0.875. The molecule has 11 atom stereocenters. The Hall–Kier alpha value is -0.950. The van der Waals surface area contributed by atoms with Crippen LogP contribution in [0.4, 0.5) is 0 Å². The standard InChI is InChI=1S/C32H54O13S3/c1-9-32(10-2,19(3)4)16-11-20(5)21-12-14-31(8)23-17-24(43-46(34,35)36)26-27(33)28(45-48(40,41)42)25(44-47(37,38)39)18-29(26,6)22(23)13-15-30(21,31)7/h13,20-21,23-28,33H,3,9-12,14-18H2,1-2,4-8H3,(H,34,35,36)(H,37,38,39)(H,40,41,42)/t20?,21-,23?,24?,25?,26?,27?,28?,29-,30-,31?/m1/s1. The van der Waals surface area contributed by atoms with Crippen LogP contribution in [-0.2, 0) is 43.7 Å². The van der Waals surface area contributed by atoms with Crippen LogP contribution in [0.5, 0.6) is 0 Å². The lowest BCUT2D eigenvalue weighted by molar-refractivity contribution is -0.179. The molecule has 13 nitrogen and oxygen atoms in total. The van der Waals surface area contributed by atoms with Gasteiger partial charge in [-0.25, -0.2) is 12.5 Å². The van der Waals surface area contributed by atoms with Gasteiger partial charge in [0, 0.05) is 5.92 Å². The highest BCUT2D eigenvalue weighted by Gasteiger charge is 2.68. The highest BCUT2D eigenvalue weighted by Crippen LogP contribution is 2.72. The molecular weight excluding hydrogens is 689 g/mol. The Morgan fingerprint density at radius 2 is 1.50 bits per heavy atom. The summed E-state index contributed by atoms with van der Waals surface area (Å²) in [5.74, 6) is -0.900. The Kier molecular flexibility index (Phi) is 11.0. The van der Waals surface area contributed by atoms with Gasteiger partial charge in [0.1, 0.15) is 12.2 Å². The van der Waals surface area contributed by atoms with Crippen LogP contribution in [0.15, 0.2) is 23.8 Å². The third-order valence-electron chi connectivity index (χ3n) is 13.7. The third-order valence-corrected chi connectivity index (χ3v) is 15.1. The SMILES string of the molecule is C=C(C)C(CC)(CC)CCC(C)[C@H]1CCC2(C)C3CC(OS(=O)(=O)O)C4C(O)C(OS(=O)(=O)O)C(OS(=O)(=O)O)C[C@]4(C)C3=CC[C@]12C. The highest BCUT2D eigenvalue weighted by molar-refractivity contribution is 7.81. The Morgan fingerprint density at radius 3 is 2.00 bits per heavy atom. The van der Waals surface area contributed by atoms with Crippen molar-refractivity contribution in [1.29, 1.82) is 0 Å². The summed E-state index contributed by atoms with van der Waals surface area (Å²) in [7, 11) is -15.6. The van der Waals surface area contributed by atoms with Gasteiger partial charge < -0.3 is 5.11 Å². The summed E-state index contributed by atoms with van der Waals surface area (Å²) in [6.07, 6.45) is 0.966. The number of aliphatic hydroxyl groups excluding tert-OH is 1. The van der Waals surface area contributed by atoms with Crippen LogP contribution < -0.4 is 0 Å². The van der Waals surface area contributed by atoms with Crippen LogP contribution >= 0.6 is 0 Å². The second kappa shape index (κ2) is 13.2. The van der Waals surface area contributed by atoms with Gasteiger partial charge in [0.05, 0.1) is 12.2 Å².